The molecule has 1 aromatic carbocycles. The first kappa shape index (κ1) is 28.4. The van der Waals surface area contributed by atoms with Crippen LogP contribution in [0.25, 0.3) is 11.0 Å². The van der Waals surface area contributed by atoms with E-state index in [1.54, 1.807) is 31.5 Å². The molecule has 1 atom stereocenters. The number of piperidine rings is 1. The molecule has 0 spiro atoms. The molecule has 0 bridgehead atoms. The Morgan fingerprint density at radius 2 is 1.98 bits per heavy atom. The predicted octanol–water partition coefficient (Wildman–Crippen LogP) is 3.73. The number of carbonyl (C=O) groups excluding carboxylic acids is 1. The van der Waals surface area contributed by atoms with Crippen LogP contribution in [0.4, 0.5) is 17.5 Å². The number of aliphatic hydroxyl groups is 1. The highest BCUT2D eigenvalue weighted by atomic mass is 35.5. The number of halogens is 1. The maximum absolute atomic E-state index is 13.3. The lowest BCUT2D eigenvalue weighted by atomic mass is 10.0. The van der Waals surface area contributed by atoms with Crippen LogP contribution in [0.1, 0.15) is 37.0 Å². The molecule has 3 aromatic rings. The number of amides is 1. The van der Waals surface area contributed by atoms with Crippen molar-refractivity contribution in [1.82, 2.24) is 24.8 Å². The predicted molar refractivity (Wildman–Crippen MR) is 156 cm³/mol. The number of nitrogens with zero attached hydrogens (tertiary/aromatic N) is 4. The fourth-order valence-electron chi connectivity index (χ4n) is 5.36. The van der Waals surface area contributed by atoms with Gasteiger partial charge in [0.25, 0.3) is 5.91 Å². The van der Waals surface area contributed by atoms with Gasteiger partial charge in [0, 0.05) is 44.0 Å². The molecule has 4 N–H and O–H groups in total. The molecule has 2 aliphatic rings. The Kier molecular flexibility index (Phi) is 8.94. The Balaban J connectivity index is 1.31. The molecular weight excluding hydrogens is 534 g/mol. The monoisotopic (exact) mass is 571 g/mol. The summed E-state index contributed by atoms with van der Waals surface area (Å²) in [7, 11) is 1.57. The minimum Gasteiger partial charge on any atom is -0.495 e. The van der Waals surface area contributed by atoms with E-state index in [1.165, 1.54) is 0 Å². The highest BCUT2D eigenvalue weighted by molar-refractivity contribution is 6.36. The first-order chi connectivity index (χ1) is 19.4. The maximum Gasteiger partial charge on any atom is 0.253 e. The number of aromatic amines is 1. The lowest BCUT2D eigenvalue weighted by molar-refractivity contribution is 0.00159. The summed E-state index contributed by atoms with van der Waals surface area (Å²) in [5, 5.41) is 17.5. The highest BCUT2D eigenvalue weighted by Gasteiger charge is 2.28. The molecule has 4 heterocycles. The van der Waals surface area contributed by atoms with E-state index >= 15 is 0 Å². The number of methoxy groups -OCH3 is 1. The van der Waals surface area contributed by atoms with Crippen LogP contribution in [0.15, 0.2) is 24.4 Å². The topological polar surface area (TPSA) is 128 Å². The Labute approximate surface area is 239 Å². The number of hydrogen-bond donors (Lipinski definition) is 4. The summed E-state index contributed by atoms with van der Waals surface area (Å²) in [6.07, 6.45) is 3.59. The van der Waals surface area contributed by atoms with Crippen LogP contribution < -0.4 is 15.4 Å². The van der Waals surface area contributed by atoms with Crippen LogP contribution in [0.3, 0.4) is 0 Å². The van der Waals surface area contributed by atoms with Crippen molar-refractivity contribution in [3.05, 3.63) is 35.0 Å². The number of hydrogen-bond acceptors (Lipinski definition) is 9. The Morgan fingerprint density at radius 1 is 1.23 bits per heavy atom. The zero-order valence-electron chi connectivity index (χ0n) is 23.2. The molecule has 12 heteroatoms. The number of ether oxygens (including phenoxy) is 2. The van der Waals surface area contributed by atoms with Gasteiger partial charge in [0.05, 0.1) is 49.1 Å². The Morgan fingerprint density at radius 3 is 2.65 bits per heavy atom. The summed E-state index contributed by atoms with van der Waals surface area (Å²) in [5.74, 6) is 1.50. The van der Waals surface area contributed by atoms with E-state index < -0.39 is 0 Å². The normalized spacial score (nSPS) is 17.8. The largest absolute Gasteiger partial charge is 0.495 e. The zero-order valence-corrected chi connectivity index (χ0v) is 24.0. The van der Waals surface area contributed by atoms with E-state index in [9.17, 15) is 9.90 Å². The third-order valence-corrected chi connectivity index (χ3v) is 8.11. The van der Waals surface area contributed by atoms with Crippen LogP contribution in [-0.4, -0.2) is 101 Å². The molecule has 2 fully saturated rings. The minimum atomic E-state index is -0.212. The van der Waals surface area contributed by atoms with Gasteiger partial charge < -0.3 is 35.1 Å². The molecule has 0 aliphatic carbocycles. The van der Waals surface area contributed by atoms with Gasteiger partial charge in [0.1, 0.15) is 17.2 Å². The third kappa shape index (κ3) is 6.12. The van der Waals surface area contributed by atoms with Crippen LogP contribution >= 0.6 is 11.6 Å². The lowest BCUT2D eigenvalue weighted by Crippen LogP contribution is -2.50. The Bertz CT molecular complexity index is 1320. The van der Waals surface area contributed by atoms with Crippen molar-refractivity contribution in [3.8, 4) is 5.75 Å². The number of rotatable bonds is 9. The molecule has 11 nitrogen and oxygen atoms in total. The summed E-state index contributed by atoms with van der Waals surface area (Å²) >= 11 is 6.41. The van der Waals surface area contributed by atoms with Crippen molar-refractivity contribution < 1.29 is 19.4 Å². The second-order valence-electron chi connectivity index (χ2n) is 10.6. The quantitative estimate of drug-likeness (QED) is 0.304. The van der Waals surface area contributed by atoms with Crippen molar-refractivity contribution in [1.29, 1.82) is 0 Å². The van der Waals surface area contributed by atoms with E-state index in [2.05, 4.69) is 30.5 Å². The van der Waals surface area contributed by atoms with Gasteiger partial charge in [-0.1, -0.05) is 25.4 Å². The molecule has 216 valence electrons. The van der Waals surface area contributed by atoms with Gasteiger partial charge in [0.15, 0.2) is 0 Å². The second kappa shape index (κ2) is 12.6. The number of aromatic nitrogens is 3. The van der Waals surface area contributed by atoms with Gasteiger partial charge in [-0.25, -0.2) is 0 Å². The van der Waals surface area contributed by atoms with Gasteiger partial charge >= 0.3 is 0 Å². The first-order valence-corrected chi connectivity index (χ1v) is 14.2. The average molecular weight is 572 g/mol. The second-order valence-corrected chi connectivity index (χ2v) is 11.1. The van der Waals surface area contributed by atoms with Crippen LogP contribution in [0.5, 0.6) is 5.75 Å². The van der Waals surface area contributed by atoms with Gasteiger partial charge in [-0.2, -0.15) is 9.97 Å². The van der Waals surface area contributed by atoms with Crippen molar-refractivity contribution in [2.75, 3.05) is 63.7 Å². The number of anilines is 3. The number of morpholine rings is 1. The van der Waals surface area contributed by atoms with Crippen LogP contribution in [-0.2, 0) is 4.74 Å². The van der Waals surface area contributed by atoms with E-state index in [1.807, 2.05) is 18.7 Å². The summed E-state index contributed by atoms with van der Waals surface area (Å²) in [6.45, 7) is 8.96. The SMILES string of the molecule is COc1cc(C(=O)N2CCC(N3CCOCC3)CC2)ccc1Nc1nc(NC(CO)C(C)C)c2c(Cl)c[nH]c2n1. The van der Waals surface area contributed by atoms with Gasteiger partial charge in [-0.05, 0) is 37.0 Å². The molecule has 1 amide bonds. The molecule has 2 aliphatic heterocycles. The van der Waals surface area contributed by atoms with Crippen molar-refractivity contribution in [3.63, 3.8) is 0 Å². The number of likely N-dealkylation sites (tertiary alicyclic amines) is 1. The molecule has 0 saturated carbocycles. The van der Waals surface area contributed by atoms with Crippen molar-refractivity contribution >= 4 is 46.0 Å². The van der Waals surface area contributed by atoms with E-state index in [0.29, 0.717) is 50.9 Å². The number of benzene rings is 1. The van der Waals surface area contributed by atoms with Crippen molar-refractivity contribution in [2.45, 2.75) is 38.8 Å². The van der Waals surface area contributed by atoms with Crippen LogP contribution in [0.2, 0.25) is 5.02 Å². The first-order valence-electron chi connectivity index (χ1n) is 13.9. The zero-order chi connectivity index (χ0) is 28.2. The third-order valence-electron chi connectivity index (χ3n) is 7.82. The maximum atomic E-state index is 13.3. The van der Waals surface area contributed by atoms with E-state index in [-0.39, 0.29) is 24.5 Å². The number of aliphatic hydroxyl groups excluding tert-OH is 1. The molecule has 5 rings (SSSR count). The fraction of sp³-hybridized carbons (Fsp3) is 0.536. The molecular formula is C28H38ClN7O4. The summed E-state index contributed by atoms with van der Waals surface area (Å²) in [6, 6.07) is 5.65. The van der Waals surface area contributed by atoms with Crippen LogP contribution in [0, 0.1) is 5.92 Å². The van der Waals surface area contributed by atoms with Gasteiger partial charge in [-0.15, -0.1) is 0 Å². The number of carbonyl (C=O) groups is 1. The summed E-state index contributed by atoms with van der Waals surface area (Å²) < 4.78 is 11.1. The summed E-state index contributed by atoms with van der Waals surface area (Å²) in [5.41, 5.74) is 1.75. The summed E-state index contributed by atoms with van der Waals surface area (Å²) in [4.78, 5) is 30.1. The Hall–Kier alpha value is -3.12. The lowest BCUT2D eigenvalue weighted by Gasteiger charge is -2.40. The molecule has 1 unspecified atom stereocenters. The van der Waals surface area contributed by atoms with Gasteiger partial charge in [-0.3, -0.25) is 9.69 Å². The highest BCUT2D eigenvalue weighted by Crippen LogP contribution is 2.33. The standard InChI is InChI=1S/C28H38ClN7O4/c1-17(2)22(16-37)31-26-24-20(29)15-30-25(24)33-28(34-26)32-21-5-4-18(14-23(21)39-3)27(38)36-8-6-19(7-9-36)35-10-12-40-13-11-35/h4-5,14-15,17,19,22,37H,6-13,16H2,1-3H3,(H3,30,31,32,33,34). The number of fused-ring (bicyclic) bond motifs is 1. The van der Waals surface area contributed by atoms with E-state index in [0.717, 1.165) is 52.2 Å². The minimum absolute atomic E-state index is 0.000749. The molecule has 2 aromatic heterocycles. The number of H-pyrrole nitrogens is 1. The molecule has 0 radical (unpaired) electrons. The van der Waals surface area contributed by atoms with E-state index in [4.69, 9.17) is 21.1 Å². The smallest absolute Gasteiger partial charge is 0.253 e. The fourth-order valence-corrected chi connectivity index (χ4v) is 5.60. The van der Waals surface area contributed by atoms with Crippen molar-refractivity contribution in [2.24, 2.45) is 5.92 Å². The van der Waals surface area contributed by atoms with Gasteiger partial charge in [0.2, 0.25) is 5.95 Å². The average Bonchev–Trinajstić information content (AvgIpc) is 3.36. The molecule has 40 heavy (non-hydrogen) atoms. The molecule has 2 saturated heterocycles. The number of nitrogens with one attached hydrogen (secondary N) is 3.